The third kappa shape index (κ3) is 4.82. The predicted octanol–water partition coefficient (Wildman–Crippen LogP) is 5.61. The number of phenols is 1. The molecule has 1 N–H and O–H groups in total. The van der Waals surface area contributed by atoms with Crippen molar-refractivity contribution < 1.29 is 26.0 Å². The minimum absolute atomic E-state index is 0.178. The maximum absolute atomic E-state index is 10.1. The van der Waals surface area contributed by atoms with E-state index < -0.39 is 20.8 Å². The summed E-state index contributed by atoms with van der Waals surface area (Å²) in [6, 6.07) is 5.87. The maximum atomic E-state index is 10.1. The molecule has 3 rings (SSSR count). The predicted molar refractivity (Wildman–Crippen MR) is 90.7 cm³/mol. The summed E-state index contributed by atoms with van der Waals surface area (Å²) in [7, 11) is 9.87. The zero-order chi connectivity index (χ0) is 16.0. The summed E-state index contributed by atoms with van der Waals surface area (Å²) in [5.74, 6) is 1.27. The average molecular weight is 420 g/mol. The van der Waals surface area contributed by atoms with Crippen molar-refractivity contribution in [1.29, 1.82) is 0 Å². The van der Waals surface area contributed by atoms with E-state index in [1.165, 1.54) is 44.9 Å². The molecule has 0 unspecified atom stereocenters. The van der Waals surface area contributed by atoms with Crippen LogP contribution in [0.4, 0.5) is 0 Å². The van der Waals surface area contributed by atoms with Crippen LogP contribution in [-0.4, -0.2) is 16.9 Å². The van der Waals surface area contributed by atoms with E-state index >= 15 is 0 Å². The number of hydrogen-bond acceptors (Lipinski definition) is 2. The third-order valence-electron chi connectivity index (χ3n) is 4.92. The molecule has 0 spiro atoms. The van der Waals surface area contributed by atoms with E-state index in [1.807, 2.05) is 31.3 Å². The SMILES string of the molecule is Cc1cccc(C=NC23CCCC(CCC2)C3)c1O.[Cl][Zr][Cl]. The molecule has 1 aromatic rings. The van der Waals surface area contributed by atoms with E-state index in [9.17, 15) is 5.11 Å². The Bertz CT molecular complexity index is 511. The van der Waals surface area contributed by atoms with Crippen LogP contribution >= 0.6 is 17.0 Å². The fourth-order valence-electron chi connectivity index (χ4n) is 3.83. The van der Waals surface area contributed by atoms with Crippen molar-refractivity contribution in [2.45, 2.75) is 57.4 Å². The first-order valence-electron chi connectivity index (χ1n) is 7.90. The Morgan fingerprint density at radius 1 is 1.27 bits per heavy atom. The zero-order valence-corrected chi connectivity index (χ0v) is 17.0. The van der Waals surface area contributed by atoms with Gasteiger partial charge in [-0.25, -0.2) is 0 Å². The second-order valence-electron chi connectivity index (χ2n) is 6.42. The van der Waals surface area contributed by atoms with Gasteiger partial charge in [-0.1, -0.05) is 37.8 Å². The molecule has 1 aromatic carbocycles. The van der Waals surface area contributed by atoms with Crippen molar-refractivity contribution in [2.75, 3.05) is 0 Å². The van der Waals surface area contributed by atoms with Crippen LogP contribution in [0.3, 0.4) is 0 Å². The standard InChI is InChI=1S/C17H23NO.2ClH.Zr/c1-13-5-2-8-15(16(13)19)12-18-17-9-3-6-14(11-17)7-4-10-17;;;/h2,5,8,12,14,19H,3-4,6-7,9-11H2,1H3;2*1H;/q;;;+2/p-2. The Kier molecular flexibility index (Phi) is 7.44. The Balaban J connectivity index is 0.000000545. The molecular formula is C17H23Cl2NOZr. The van der Waals surface area contributed by atoms with E-state index in [1.54, 1.807) is 0 Å². The number of para-hydroxylation sites is 1. The number of benzene rings is 1. The number of nitrogens with zero attached hydrogens (tertiary/aromatic N) is 1. The van der Waals surface area contributed by atoms with Crippen LogP contribution in [-0.2, 0) is 20.8 Å². The number of aromatic hydroxyl groups is 1. The van der Waals surface area contributed by atoms with Crippen molar-refractivity contribution in [3.8, 4) is 5.75 Å². The van der Waals surface area contributed by atoms with Crippen LogP contribution in [0.15, 0.2) is 23.2 Å². The molecule has 2 fully saturated rings. The van der Waals surface area contributed by atoms with Gasteiger partial charge in [-0.15, -0.1) is 0 Å². The molecule has 120 valence electrons. The molecule has 5 heteroatoms. The molecule has 2 saturated carbocycles. The first-order valence-corrected chi connectivity index (χ1v) is 14.2. The van der Waals surface area contributed by atoms with Gasteiger partial charge >= 0.3 is 37.9 Å². The summed E-state index contributed by atoms with van der Waals surface area (Å²) in [5, 5.41) is 10.1. The molecular weight excluding hydrogens is 396 g/mol. The van der Waals surface area contributed by atoms with Crippen LogP contribution in [0.1, 0.15) is 56.1 Å². The molecule has 0 amide bonds. The van der Waals surface area contributed by atoms with Crippen LogP contribution in [0.5, 0.6) is 5.75 Å². The van der Waals surface area contributed by atoms with Gasteiger partial charge in [0, 0.05) is 11.8 Å². The first-order chi connectivity index (χ1) is 10.6. The van der Waals surface area contributed by atoms with Crippen LogP contribution < -0.4 is 0 Å². The molecule has 0 aliphatic heterocycles. The molecule has 2 nitrogen and oxygen atoms in total. The van der Waals surface area contributed by atoms with Crippen molar-refractivity contribution >= 4 is 23.2 Å². The molecule has 2 aliphatic carbocycles. The Hall–Kier alpha value is 0.153. The van der Waals surface area contributed by atoms with Crippen molar-refractivity contribution in [3.05, 3.63) is 29.3 Å². The van der Waals surface area contributed by atoms with E-state index in [4.69, 9.17) is 22.0 Å². The van der Waals surface area contributed by atoms with Gasteiger partial charge < -0.3 is 5.11 Å². The van der Waals surface area contributed by atoms with Gasteiger partial charge in [0.2, 0.25) is 0 Å². The quantitative estimate of drug-likeness (QED) is 0.621. The summed E-state index contributed by atoms with van der Waals surface area (Å²) in [5.41, 5.74) is 1.96. The number of rotatable bonds is 2. The van der Waals surface area contributed by atoms with E-state index in [0.717, 1.165) is 17.0 Å². The summed E-state index contributed by atoms with van der Waals surface area (Å²) < 4.78 is 0. The fourth-order valence-corrected chi connectivity index (χ4v) is 3.83. The number of aliphatic imine (C=N–C) groups is 1. The molecule has 2 aliphatic rings. The van der Waals surface area contributed by atoms with E-state index in [2.05, 4.69) is 0 Å². The summed E-state index contributed by atoms with van der Waals surface area (Å²) in [4.78, 5) is 4.92. The summed E-state index contributed by atoms with van der Waals surface area (Å²) >= 11 is -0.826. The minimum atomic E-state index is -0.826. The second-order valence-corrected chi connectivity index (χ2v) is 10.2. The Labute approximate surface area is 152 Å². The number of phenolic OH excluding ortho intramolecular Hbond substituents is 1. The van der Waals surface area contributed by atoms with Crippen LogP contribution in [0.2, 0.25) is 0 Å². The molecule has 0 aromatic heterocycles. The monoisotopic (exact) mass is 417 g/mol. The summed E-state index contributed by atoms with van der Waals surface area (Å²) in [6.07, 6.45) is 11.1. The van der Waals surface area contributed by atoms with Gasteiger partial charge in [-0.2, -0.15) is 0 Å². The normalized spacial score (nSPS) is 27.1. The van der Waals surface area contributed by atoms with Crippen molar-refractivity contribution in [1.82, 2.24) is 0 Å². The van der Waals surface area contributed by atoms with Crippen molar-refractivity contribution in [3.63, 3.8) is 0 Å². The van der Waals surface area contributed by atoms with Gasteiger partial charge in [-0.3, -0.25) is 4.99 Å². The van der Waals surface area contributed by atoms with Crippen LogP contribution in [0, 0.1) is 12.8 Å². The molecule has 0 saturated heterocycles. The second kappa shape index (κ2) is 8.85. The molecule has 2 bridgehead atoms. The molecule has 0 radical (unpaired) electrons. The average Bonchev–Trinajstić information content (AvgIpc) is 2.50. The van der Waals surface area contributed by atoms with Gasteiger partial charge in [0.05, 0.1) is 5.54 Å². The van der Waals surface area contributed by atoms with E-state index in [-0.39, 0.29) is 5.54 Å². The van der Waals surface area contributed by atoms with E-state index in [0.29, 0.717) is 5.75 Å². The molecule has 0 atom stereocenters. The Morgan fingerprint density at radius 3 is 2.55 bits per heavy atom. The topological polar surface area (TPSA) is 32.6 Å². The Morgan fingerprint density at radius 2 is 1.91 bits per heavy atom. The number of aryl methyl sites for hydroxylation is 1. The van der Waals surface area contributed by atoms with Gasteiger partial charge in [-0.05, 0) is 43.7 Å². The first kappa shape index (κ1) is 18.5. The van der Waals surface area contributed by atoms with Gasteiger partial charge in [0.25, 0.3) is 0 Å². The van der Waals surface area contributed by atoms with Crippen molar-refractivity contribution in [2.24, 2.45) is 10.9 Å². The van der Waals surface area contributed by atoms with Gasteiger partial charge in [0.1, 0.15) is 5.75 Å². The number of halogens is 2. The fraction of sp³-hybridized carbons (Fsp3) is 0.588. The summed E-state index contributed by atoms with van der Waals surface area (Å²) in [6.45, 7) is 1.93. The van der Waals surface area contributed by atoms with Gasteiger partial charge in [0.15, 0.2) is 0 Å². The third-order valence-corrected chi connectivity index (χ3v) is 4.92. The molecule has 22 heavy (non-hydrogen) atoms. The number of hydrogen-bond donors (Lipinski definition) is 1. The molecule has 0 heterocycles. The number of fused-ring (bicyclic) bond motifs is 2. The zero-order valence-electron chi connectivity index (χ0n) is 13.0. The van der Waals surface area contributed by atoms with Crippen LogP contribution in [0.25, 0.3) is 0 Å².